The van der Waals surface area contributed by atoms with Gasteiger partial charge in [-0.25, -0.2) is 9.37 Å². The largest absolute Gasteiger partial charge is 0.369 e. The van der Waals surface area contributed by atoms with Gasteiger partial charge in [-0.3, -0.25) is 0 Å². The Morgan fingerprint density at radius 2 is 2.22 bits per heavy atom. The fourth-order valence-corrected chi connectivity index (χ4v) is 1.93. The number of aromatic nitrogens is 3. The maximum Gasteiger partial charge on any atom is 0.201 e. The summed E-state index contributed by atoms with van der Waals surface area (Å²) in [5.74, 6) is 0.676. The number of benzene rings is 1. The average Bonchev–Trinajstić information content (AvgIpc) is 2.84. The molecule has 0 amide bonds. The third-order valence-corrected chi connectivity index (χ3v) is 2.73. The molecule has 2 N–H and O–H groups in total. The standard InChI is InChI=1S/C12H11FN4O/c1-7-4-9(18-16-7)6-17-11-3-2-8(13)5-10(11)15-12(17)14/h2-5H,6H2,1H3,(H2,14,15). The molecule has 0 radical (unpaired) electrons. The van der Waals surface area contributed by atoms with E-state index in [1.165, 1.54) is 12.1 Å². The minimum atomic E-state index is -0.331. The van der Waals surface area contributed by atoms with Crippen LogP contribution in [0.1, 0.15) is 11.5 Å². The maximum absolute atomic E-state index is 13.1. The second-order valence-corrected chi connectivity index (χ2v) is 4.12. The van der Waals surface area contributed by atoms with Crippen LogP contribution in [-0.4, -0.2) is 14.7 Å². The molecule has 6 heteroatoms. The molecule has 0 aliphatic heterocycles. The van der Waals surface area contributed by atoms with Crippen molar-refractivity contribution in [3.05, 3.63) is 41.5 Å². The number of nitrogens with two attached hydrogens (primary N) is 1. The van der Waals surface area contributed by atoms with Gasteiger partial charge < -0.3 is 14.8 Å². The van der Waals surface area contributed by atoms with Crippen LogP contribution in [0.3, 0.4) is 0 Å². The molecule has 0 saturated heterocycles. The summed E-state index contributed by atoms with van der Waals surface area (Å²) in [5.41, 5.74) is 7.93. The topological polar surface area (TPSA) is 69.9 Å². The van der Waals surface area contributed by atoms with Crippen molar-refractivity contribution in [2.75, 3.05) is 5.73 Å². The summed E-state index contributed by atoms with van der Waals surface area (Å²) >= 11 is 0. The van der Waals surface area contributed by atoms with Crippen LogP contribution in [0.25, 0.3) is 11.0 Å². The molecule has 3 aromatic rings. The molecule has 3 rings (SSSR count). The fraction of sp³-hybridized carbons (Fsp3) is 0.167. The number of rotatable bonds is 2. The molecule has 0 aliphatic rings. The molecule has 0 spiro atoms. The Morgan fingerprint density at radius 1 is 1.39 bits per heavy atom. The molecule has 0 fully saturated rings. The Bertz CT molecular complexity index is 716. The van der Waals surface area contributed by atoms with E-state index in [9.17, 15) is 4.39 Å². The first-order chi connectivity index (χ1) is 8.63. The minimum Gasteiger partial charge on any atom is -0.369 e. The predicted molar refractivity (Wildman–Crippen MR) is 64.4 cm³/mol. The van der Waals surface area contributed by atoms with Crippen molar-refractivity contribution in [2.45, 2.75) is 13.5 Å². The van der Waals surface area contributed by atoms with Gasteiger partial charge in [0, 0.05) is 12.1 Å². The highest BCUT2D eigenvalue weighted by atomic mass is 19.1. The zero-order valence-corrected chi connectivity index (χ0v) is 9.72. The van der Waals surface area contributed by atoms with Crippen LogP contribution >= 0.6 is 0 Å². The van der Waals surface area contributed by atoms with E-state index in [0.717, 1.165) is 11.2 Å². The Hall–Kier alpha value is -2.37. The fourth-order valence-electron chi connectivity index (χ4n) is 1.93. The van der Waals surface area contributed by atoms with Crippen LogP contribution in [0.15, 0.2) is 28.8 Å². The van der Waals surface area contributed by atoms with E-state index >= 15 is 0 Å². The van der Waals surface area contributed by atoms with Crippen LogP contribution in [0.5, 0.6) is 0 Å². The Morgan fingerprint density at radius 3 is 2.94 bits per heavy atom. The van der Waals surface area contributed by atoms with Gasteiger partial charge in [0.05, 0.1) is 23.3 Å². The Kier molecular flexibility index (Phi) is 2.29. The third kappa shape index (κ3) is 1.71. The third-order valence-electron chi connectivity index (χ3n) is 2.73. The first-order valence-corrected chi connectivity index (χ1v) is 5.47. The SMILES string of the molecule is Cc1cc(Cn2c(N)nc3cc(F)ccc32)on1. The van der Waals surface area contributed by atoms with Crippen molar-refractivity contribution in [3.8, 4) is 0 Å². The normalized spacial score (nSPS) is 11.2. The molecule has 92 valence electrons. The maximum atomic E-state index is 13.1. The number of hydrogen-bond acceptors (Lipinski definition) is 4. The monoisotopic (exact) mass is 246 g/mol. The molecule has 0 aliphatic carbocycles. The van der Waals surface area contributed by atoms with Gasteiger partial charge in [0.15, 0.2) is 5.76 Å². The van der Waals surface area contributed by atoms with Crippen molar-refractivity contribution >= 4 is 17.0 Å². The molecular weight excluding hydrogens is 235 g/mol. The highest BCUT2D eigenvalue weighted by molar-refractivity contribution is 5.78. The smallest absolute Gasteiger partial charge is 0.201 e. The number of fused-ring (bicyclic) bond motifs is 1. The zero-order chi connectivity index (χ0) is 12.7. The quantitative estimate of drug-likeness (QED) is 0.751. The van der Waals surface area contributed by atoms with Crippen LogP contribution in [0.2, 0.25) is 0 Å². The van der Waals surface area contributed by atoms with E-state index in [-0.39, 0.29) is 5.82 Å². The number of nitrogen functional groups attached to an aromatic ring is 1. The minimum absolute atomic E-state index is 0.324. The lowest BCUT2D eigenvalue weighted by Gasteiger charge is -2.02. The molecule has 0 unspecified atom stereocenters. The van der Waals surface area contributed by atoms with Gasteiger partial charge >= 0.3 is 0 Å². The summed E-state index contributed by atoms with van der Waals surface area (Å²) in [7, 11) is 0. The van der Waals surface area contributed by atoms with Crippen molar-refractivity contribution in [1.29, 1.82) is 0 Å². The average molecular weight is 246 g/mol. The summed E-state index contributed by atoms with van der Waals surface area (Å²) in [6, 6.07) is 6.21. The molecule has 2 aromatic heterocycles. The summed E-state index contributed by atoms with van der Waals surface area (Å²) in [6.07, 6.45) is 0. The molecule has 0 bridgehead atoms. The predicted octanol–water partition coefficient (Wildman–Crippen LogP) is 2.10. The van der Waals surface area contributed by atoms with Gasteiger partial charge in [-0.05, 0) is 19.1 Å². The molecule has 0 saturated carbocycles. The van der Waals surface area contributed by atoms with Gasteiger partial charge in [0.1, 0.15) is 5.82 Å². The van der Waals surface area contributed by atoms with E-state index in [1.807, 2.05) is 13.0 Å². The molecule has 5 nitrogen and oxygen atoms in total. The van der Waals surface area contributed by atoms with E-state index in [2.05, 4.69) is 10.1 Å². The second kappa shape index (κ2) is 3.83. The summed E-state index contributed by atoms with van der Waals surface area (Å²) in [4.78, 5) is 4.12. The van der Waals surface area contributed by atoms with E-state index < -0.39 is 0 Å². The van der Waals surface area contributed by atoms with Gasteiger partial charge in [-0.15, -0.1) is 0 Å². The lowest BCUT2D eigenvalue weighted by molar-refractivity contribution is 0.374. The van der Waals surface area contributed by atoms with Crippen molar-refractivity contribution in [3.63, 3.8) is 0 Å². The van der Waals surface area contributed by atoms with Gasteiger partial charge in [0.2, 0.25) is 5.95 Å². The highest BCUT2D eigenvalue weighted by Crippen LogP contribution is 2.20. The number of hydrogen-bond donors (Lipinski definition) is 1. The van der Waals surface area contributed by atoms with Gasteiger partial charge in [0.25, 0.3) is 0 Å². The summed E-state index contributed by atoms with van der Waals surface area (Å²) in [5, 5.41) is 3.81. The van der Waals surface area contributed by atoms with E-state index in [4.69, 9.17) is 10.3 Å². The number of halogens is 1. The Labute approximate surface area is 102 Å². The summed E-state index contributed by atoms with van der Waals surface area (Å²) in [6.45, 7) is 2.27. The van der Waals surface area contributed by atoms with Crippen molar-refractivity contribution < 1.29 is 8.91 Å². The number of aryl methyl sites for hydroxylation is 1. The molecule has 18 heavy (non-hydrogen) atoms. The molecule has 2 heterocycles. The summed E-state index contributed by atoms with van der Waals surface area (Å²) < 4.78 is 20.0. The lowest BCUT2D eigenvalue weighted by Crippen LogP contribution is -2.03. The van der Waals surface area contributed by atoms with Crippen LogP contribution in [0.4, 0.5) is 10.3 Å². The highest BCUT2D eigenvalue weighted by Gasteiger charge is 2.11. The van der Waals surface area contributed by atoms with Crippen LogP contribution in [-0.2, 0) is 6.54 Å². The number of imidazole rings is 1. The number of anilines is 1. The zero-order valence-electron chi connectivity index (χ0n) is 9.72. The van der Waals surface area contributed by atoms with Crippen LogP contribution in [0, 0.1) is 12.7 Å². The first kappa shape index (κ1) is 10.8. The first-order valence-electron chi connectivity index (χ1n) is 5.47. The van der Waals surface area contributed by atoms with Crippen molar-refractivity contribution in [2.24, 2.45) is 0 Å². The van der Waals surface area contributed by atoms with E-state index in [1.54, 1.807) is 10.6 Å². The van der Waals surface area contributed by atoms with Gasteiger partial charge in [-0.1, -0.05) is 5.16 Å². The number of nitrogens with zero attached hydrogens (tertiary/aromatic N) is 3. The van der Waals surface area contributed by atoms with E-state index in [0.29, 0.717) is 23.8 Å². The van der Waals surface area contributed by atoms with Gasteiger partial charge in [-0.2, -0.15) is 0 Å². The second-order valence-electron chi connectivity index (χ2n) is 4.12. The van der Waals surface area contributed by atoms with Crippen molar-refractivity contribution in [1.82, 2.24) is 14.7 Å². The molecular formula is C12H11FN4O. The molecule has 1 aromatic carbocycles. The van der Waals surface area contributed by atoms with Crippen LogP contribution < -0.4 is 5.73 Å². The lowest BCUT2D eigenvalue weighted by atomic mass is 10.3. The molecule has 0 atom stereocenters. The Balaban J connectivity index is 2.08.